The minimum atomic E-state index is -1.43. The van der Waals surface area contributed by atoms with Crippen LogP contribution in [0.1, 0.15) is 37.5 Å². The Balaban J connectivity index is 1.78. The molecule has 37 heavy (non-hydrogen) atoms. The minimum absolute atomic E-state index is 0.129. The van der Waals surface area contributed by atoms with Gasteiger partial charge in [-0.2, -0.15) is 0 Å². The number of hydrogen-bond donors (Lipinski definition) is 0. The summed E-state index contributed by atoms with van der Waals surface area (Å²) in [7, 11) is 0.744. The third-order valence-corrected chi connectivity index (χ3v) is 10.0. The van der Waals surface area contributed by atoms with E-state index in [0.29, 0.717) is 0 Å². The lowest BCUT2D eigenvalue weighted by molar-refractivity contribution is -0.659. The van der Waals surface area contributed by atoms with Gasteiger partial charge in [0.2, 0.25) is 5.69 Å². The Morgan fingerprint density at radius 3 is 2.24 bits per heavy atom. The smallest absolute Gasteiger partial charge is 0.228 e. The molecule has 4 aromatic carbocycles. The molecule has 1 aliphatic heterocycles. The fourth-order valence-corrected chi connectivity index (χ4v) is 7.27. The summed E-state index contributed by atoms with van der Waals surface area (Å²) in [5.74, 6) is 2.05. The Kier molecular flexibility index (Phi) is 5.17. The number of ether oxygens (including phenoxy) is 1. The first kappa shape index (κ1) is 24.2. The Bertz CT molecular complexity index is 1770. The van der Waals surface area contributed by atoms with E-state index in [-0.39, 0.29) is 5.41 Å². The summed E-state index contributed by atoms with van der Waals surface area (Å²) in [6, 6.07) is 18.6. The minimum Gasteiger partial charge on any atom is -0.455 e. The van der Waals surface area contributed by atoms with Gasteiger partial charge in [0.1, 0.15) is 18.5 Å². The molecule has 0 unspecified atom stereocenters. The van der Waals surface area contributed by atoms with Gasteiger partial charge in [0.15, 0.2) is 6.20 Å². The van der Waals surface area contributed by atoms with Crippen molar-refractivity contribution < 1.29 is 9.30 Å². The van der Waals surface area contributed by atoms with Gasteiger partial charge in [-0.3, -0.25) is 0 Å². The summed E-state index contributed by atoms with van der Waals surface area (Å²) in [6.45, 7) is 18.7. The van der Waals surface area contributed by atoms with E-state index in [1.165, 1.54) is 65.5 Å². The van der Waals surface area contributed by atoms with Gasteiger partial charge in [-0.05, 0) is 58.9 Å². The molecule has 0 radical (unpaired) electrons. The van der Waals surface area contributed by atoms with Crippen LogP contribution in [0, 0.1) is 19.3 Å². The van der Waals surface area contributed by atoms with Gasteiger partial charge < -0.3 is 4.74 Å². The van der Waals surface area contributed by atoms with Gasteiger partial charge in [-0.25, -0.2) is 4.57 Å². The molecule has 1 aromatic heterocycles. The van der Waals surface area contributed by atoms with E-state index in [1.54, 1.807) is 0 Å². The molecule has 5 aromatic rings. The predicted molar refractivity (Wildman–Crippen MR) is 161 cm³/mol. The third-order valence-electron chi connectivity index (χ3n) is 7.98. The van der Waals surface area contributed by atoms with E-state index in [2.05, 4.69) is 121 Å². The average Bonchev–Trinajstić information content (AvgIpc) is 2.81. The summed E-state index contributed by atoms with van der Waals surface area (Å²) in [5, 5.41) is 9.08. The first-order valence-corrected chi connectivity index (χ1v) is 17.0. The lowest BCUT2D eigenvalue weighted by Crippen LogP contribution is -2.37. The van der Waals surface area contributed by atoms with Crippen molar-refractivity contribution >= 4 is 45.6 Å². The van der Waals surface area contributed by atoms with Crippen molar-refractivity contribution in [2.75, 3.05) is 0 Å². The van der Waals surface area contributed by atoms with Crippen LogP contribution < -0.4 is 14.5 Å². The summed E-state index contributed by atoms with van der Waals surface area (Å²) >= 11 is 0. The highest BCUT2D eigenvalue weighted by molar-refractivity contribution is 6.88. The van der Waals surface area contributed by atoms with Crippen LogP contribution in [0.25, 0.3) is 43.6 Å². The van der Waals surface area contributed by atoms with Crippen molar-refractivity contribution in [1.29, 1.82) is 0 Å². The van der Waals surface area contributed by atoms with E-state index in [4.69, 9.17) is 4.74 Å². The fraction of sp³-hybridized carbons (Fsp3) is 0.324. The highest BCUT2D eigenvalue weighted by Crippen LogP contribution is 2.53. The topological polar surface area (TPSA) is 13.1 Å². The lowest BCUT2D eigenvalue weighted by Gasteiger charge is -2.29. The van der Waals surface area contributed by atoms with Crippen molar-refractivity contribution in [1.82, 2.24) is 0 Å². The fourth-order valence-electron chi connectivity index (χ4n) is 6.10. The number of fused-ring (bicyclic) bond motifs is 5. The molecule has 3 heteroatoms. The maximum absolute atomic E-state index is 7.14. The van der Waals surface area contributed by atoms with Crippen molar-refractivity contribution in [2.24, 2.45) is 12.5 Å². The first-order chi connectivity index (χ1) is 17.3. The quantitative estimate of drug-likeness (QED) is 0.131. The monoisotopic (exact) mass is 504 g/mol. The summed E-state index contributed by atoms with van der Waals surface area (Å²) in [5.41, 5.74) is 6.55. The van der Waals surface area contributed by atoms with E-state index in [9.17, 15) is 0 Å². The van der Waals surface area contributed by atoms with Gasteiger partial charge >= 0.3 is 0 Å². The summed E-state index contributed by atoms with van der Waals surface area (Å²) in [6.07, 6.45) is 3.17. The number of rotatable bonds is 2. The molecule has 0 saturated heterocycles. The Morgan fingerprint density at radius 2 is 1.54 bits per heavy atom. The average molecular weight is 505 g/mol. The van der Waals surface area contributed by atoms with Gasteiger partial charge in [-0.15, -0.1) is 0 Å². The highest BCUT2D eigenvalue weighted by atomic mass is 28.3. The number of nitrogens with zero attached hydrogens (tertiary/aromatic N) is 1. The number of aromatic nitrogens is 1. The molecule has 188 valence electrons. The third kappa shape index (κ3) is 3.78. The van der Waals surface area contributed by atoms with E-state index >= 15 is 0 Å². The van der Waals surface area contributed by atoms with Gasteiger partial charge in [-0.1, -0.05) is 87.6 Å². The van der Waals surface area contributed by atoms with Crippen LogP contribution in [0.3, 0.4) is 0 Å². The maximum atomic E-state index is 7.14. The normalized spacial score (nSPS) is 13.3. The lowest BCUT2D eigenvalue weighted by atomic mass is 9.81. The molecule has 0 atom stereocenters. The molecule has 0 fully saturated rings. The van der Waals surface area contributed by atoms with E-state index in [0.717, 1.165) is 17.9 Å². The highest BCUT2D eigenvalue weighted by Gasteiger charge is 2.35. The molecule has 0 saturated carbocycles. The second-order valence-corrected chi connectivity index (χ2v) is 18.4. The largest absolute Gasteiger partial charge is 0.455 e. The van der Waals surface area contributed by atoms with E-state index < -0.39 is 8.07 Å². The number of benzene rings is 4. The molecule has 0 aliphatic carbocycles. The zero-order chi connectivity index (χ0) is 26.4. The predicted octanol–water partition coefficient (Wildman–Crippen LogP) is 8.49. The van der Waals surface area contributed by atoms with Crippen molar-refractivity contribution in [2.45, 2.75) is 60.7 Å². The Hall–Kier alpha value is -3.17. The second kappa shape index (κ2) is 7.91. The zero-order valence-electron chi connectivity index (χ0n) is 23.8. The Morgan fingerprint density at radius 1 is 0.811 bits per heavy atom. The molecule has 0 amide bonds. The maximum Gasteiger partial charge on any atom is 0.228 e. The molecule has 1 aliphatic rings. The molecule has 2 heterocycles. The molecule has 0 spiro atoms. The summed E-state index contributed by atoms with van der Waals surface area (Å²) in [4.78, 5) is 0. The summed E-state index contributed by atoms with van der Waals surface area (Å²) < 4.78 is 9.43. The standard InChI is InChI=1S/C34H38NOSi/c1-20-10-12-26-27(16-20)21(2)29-31-30-22(14-15-35(31)6)17-23-18-24(37(7,8)9)11-13-25(23)32(30)36-33(29)28(26)19-34(3,4)5/h10-18H,19H2,1-9H3/q+1. The molecule has 0 N–H and O–H groups in total. The first-order valence-electron chi connectivity index (χ1n) is 13.5. The van der Waals surface area contributed by atoms with Crippen LogP contribution in [0.5, 0.6) is 11.5 Å². The van der Waals surface area contributed by atoms with Crippen LogP contribution in [0.15, 0.2) is 54.7 Å². The molecular formula is C34H38NOSi+. The van der Waals surface area contributed by atoms with Gasteiger partial charge in [0.05, 0.1) is 19.0 Å². The van der Waals surface area contributed by atoms with Crippen molar-refractivity contribution in [3.8, 4) is 22.8 Å². The van der Waals surface area contributed by atoms with Crippen molar-refractivity contribution in [3.05, 3.63) is 71.4 Å². The Labute approximate surface area is 221 Å². The van der Waals surface area contributed by atoms with Crippen LogP contribution in [-0.2, 0) is 13.5 Å². The van der Waals surface area contributed by atoms with Crippen LogP contribution >= 0.6 is 0 Å². The number of hydrogen-bond acceptors (Lipinski definition) is 1. The number of aryl methyl sites for hydroxylation is 3. The van der Waals surface area contributed by atoms with Crippen molar-refractivity contribution in [3.63, 3.8) is 0 Å². The van der Waals surface area contributed by atoms with Gasteiger partial charge in [0.25, 0.3) is 0 Å². The second-order valence-electron chi connectivity index (χ2n) is 13.3. The van der Waals surface area contributed by atoms with Gasteiger partial charge in [0, 0.05) is 17.0 Å². The molecular weight excluding hydrogens is 466 g/mol. The number of pyridine rings is 1. The molecule has 2 nitrogen and oxygen atoms in total. The van der Waals surface area contributed by atoms with Crippen LogP contribution in [0.2, 0.25) is 19.6 Å². The molecule has 0 bridgehead atoms. The van der Waals surface area contributed by atoms with Crippen LogP contribution in [0.4, 0.5) is 0 Å². The molecule has 6 rings (SSSR count). The zero-order valence-corrected chi connectivity index (χ0v) is 24.8. The van der Waals surface area contributed by atoms with E-state index in [1.807, 2.05) is 0 Å². The van der Waals surface area contributed by atoms with Crippen LogP contribution in [-0.4, -0.2) is 8.07 Å². The SMILES string of the molecule is Cc1ccc2c(CC(C)(C)C)c3c(c(C)c2c1)-c1c2c(c4ccc([Si](C)(C)C)cc4cc2cc[n+]1C)O3.